The largest absolute Gasteiger partial charge is 0.496 e. The lowest BCUT2D eigenvalue weighted by Gasteiger charge is -2.32. The van der Waals surface area contributed by atoms with Gasteiger partial charge in [0.1, 0.15) is 5.75 Å². The van der Waals surface area contributed by atoms with Crippen LogP contribution in [0.1, 0.15) is 30.1 Å². The van der Waals surface area contributed by atoms with E-state index in [2.05, 4.69) is 17.1 Å². The molecule has 24 heavy (non-hydrogen) atoms. The molecule has 3 N–H and O–H groups in total. The highest BCUT2D eigenvalue weighted by molar-refractivity contribution is 5.97. The third kappa shape index (κ3) is 5.33. The van der Waals surface area contributed by atoms with E-state index in [1.807, 2.05) is 0 Å². The number of hydrogen-bond donors (Lipinski definition) is 1. The van der Waals surface area contributed by atoms with Crippen LogP contribution in [0.2, 0.25) is 0 Å². The number of amides is 1. The molecule has 0 spiro atoms. The quantitative estimate of drug-likeness (QED) is 0.628. The van der Waals surface area contributed by atoms with Gasteiger partial charge in [-0.2, -0.15) is 0 Å². The molecule has 1 heterocycles. The van der Waals surface area contributed by atoms with E-state index < -0.39 is 4.92 Å². The molecule has 9 heteroatoms. The van der Waals surface area contributed by atoms with Gasteiger partial charge in [0.25, 0.3) is 11.6 Å². The monoisotopic (exact) mass is 361 g/mol. The summed E-state index contributed by atoms with van der Waals surface area (Å²) in [6.07, 6.45) is 1.95. The van der Waals surface area contributed by atoms with E-state index in [1.165, 1.54) is 25.3 Å². The topological polar surface area (TPSA) is 116 Å². The van der Waals surface area contributed by atoms with E-state index in [9.17, 15) is 14.9 Å². The number of carbonyl (C=O) groups is 1. The van der Waals surface area contributed by atoms with Gasteiger partial charge in [0.05, 0.1) is 17.6 Å². The third-order valence-corrected chi connectivity index (χ3v) is 3.93. The first kappa shape index (κ1) is 22.1. The molecular formula is C15H24ClN3O5. The standard InChI is InChI=1S/C15H21N3O4.ClH.H2O/c1-3-17-8-4-5-11(10-17)16-15(19)13-9-12(18(20)21)6-7-14(13)22-2;;/h6-7,9,11H,3-5,8,10H2,1-2H3,(H,16,19);1H;1H2. The number of methoxy groups -OCH3 is 1. The van der Waals surface area contributed by atoms with Crippen LogP contribution >= 0.6 is 12.4 Å². The molecule has 2 rings (SSSR count). The van der Waals surface area contributed by atoms with Crippen LogP contribution in [0.5, 0.6) is 5.75 Å². The molecule has 1 atom stereocenters. The normalized spacial score (nSPS) is 17.2. The van der Waals surface area contributed by atoms with E-state index in [0.29, 0.717) is 5.75 Å². The highest BCUT2D eigenvalue weighted by Gasteiger charge is 2.23. The summed E-state index contributed by atoms with van der Waals surface area (Å²) in [4.78, 5) is 25.1. The number of non-ortho nitro benzene ring substituents is 1. The van der Waals surface area contributed by atoms with E-state index in [1.54, 1.807) is 0 Å². The Kier molecular flexibility index (Phi) is 9.27. The molecule has 1 aromatic rings. The van der Waals surface area contributed by atoms with Crippen molar-refractivity contribution in [1.82, 2.24) is 10.2 Å². The minimum Gasteiger partial charge on any atom is -0.496 e. The lowest BCUT2D eigenvalue weighted by Crippen LogP contribution is -2.47. The van der Waals surface area contributed by atoms with E-state index in [-0.39, 0.29) is 41.1 Å². The molecule has 0 radical (unpaired) electrons. The van der Waals surface area contributed by atoms with Crippen molar-refractivity contribution in [2.45, 2.75) is 25.8 Å². The van der Waals surface area contributed by atoms with E-state index in [0.717, 1.165) is 32.5 Å². The van der Waals surface area contributed by atoms with Gasteiger partial charge in [0.2, 0.25) is 0 Å². The Morgan fingerprint density at radius 3 is 2.79 bits per heavy atom. The first-order valence-corrected chi connectivity index (χ1v) is 7.40. The van der Waals surface area contributed by atoms with Crippen LogP contribution in [0.25, 0.3) is 0 Å². The molecular weight excluding hydrogens is 338 g/mol. The molecule has 0 bridgehead atoms. The number of nitrogens with zero attached hydrogens (tertiary/aromatic N) is 2. The fourth-order valence-electron chi connectivity index (χ4n) is 2.71. The zero-order valence-corrected chi connectivity index (χ0v) is 14.6. The SMILES string of the molecule is CCN1CCCC(NC(=O)c2cc([N+](=O)[O-])ccc2OC)C1.Cl.O. The van der Waals surface area contributed by atoms with Crippen molar-refractivity contribution in [1.29, 1.82) is 0 Å². The van der Waals surface area contributed by atoms with Crippen LogP contribution in [0.3, 0.4) is 0 Å². The number of likely N-dealkylation sites (N-methyl/N-ethyl adjacent to an activating group) is 1. The molecule has 0 aliphatic carbocycles. The van der Waals surface area contributed by atoms with Gasteiger partial charge < -0.3 is 20.4 Å². The highest BCUT2D eigenvalue weighted by Crippen LogP contribution is 2.24. The Bertz CT molecular complexity index is 570. The van der Waals surface area contributed by atoms with Crippen LogP contribution in [-0.4, -0.2) is 54.0 Å². The molecule has 1 aromatic carbocycles. The zero-order valence-electron chi connectivity index (χ0n) is 13.8. The Hall–Kier alpha value is -1.90. The fourth-order valence-corrected chi connectivity index (χ4v) is 2.71. The number of benzene rings is 1. The van der Waals surface area contributed by atoms with Crippen molar-refractivity contribution in [2.75, 3.05) is 26.7 Å². The van der Waals surface area contributed by atoms with Crippen molar-refractivity contribution in [3.63, 3.8) is 0 Å². The van der Waals surface area contributed by atoms with Gasteiger partial charge in [-0.3, -0.25) is 14.9 Å². The lowest BCUT2D eigenvalue weighted by molar-refractivity contribution is -0.384. The fraction of sp³-hybridized carbons (Fsp3) is 0.533. The molecule has 1 aliphatic heterocycles. The number of halogens is 1. The number of rotatable bonds is 5. The predicted octanol–water partition coefficient (Wildman–Crippen LogP) is 1.41. The Morgan fingerprint density at radius 1 is 1.50 bits per heavy atom. The second-order valence-electron chi connectivity index (χ2n) is 5.35. The maximum Gasteiger partial charge on any atom is 0.270 e. The van der Waals surface area contributed by atoms with E-state index >= 15 is 0 Å². The van der Waals surface area contributed by atoms with Crippen molar-refractivity contribution >= 4 is 24.0 Å². The van der Waals surface area contributed by atoms with Crippen LogP contribution in [0.15, 0.2) is 18.2 Å². The maximum atomic E-state index is 12.4. The third-order valence-electron chi connectivity index (χ3n) is 3.93. The van der Waals surface area contributed by atoms with Crippen molar-refractivity contribution in [3.05, 3.63) is 33.9 Å². The van der Waals surface area contributed by atoms with E-state index in [4.69, 9.17) is 4.74 Å². The summed E-state index contributed by atoms with van der Waals surface area (Å²) < 4.78 is 5.14. The summed E-state index contributed by atoms with van der Waals surface area (Å²) in [5.74, 6) is 0.00904. The van der Waals surface area contributed by atoms with Crippen LogP contribution in [0.4, 0.5) is 5.69 Å². The Balaban J connectivity index is 0.00000264. The van der Waals surface area contributed by atoms with Gasteiger partial charge in [-0.25, -0.2) is 0 Å². The first-order valence-electron chi connectivity index (χ1n) is 7.40. The smallest absolute Gasteiger partial charge is 0.270 e. The molecule has 136 valence electrons. The number of carbonyl (C=O) groups excluding carboxylic acids is 1. The second-order valence-corrected chi connectivity index (χ2v) is 5.35. The average Bonchev–Trinajstić information content (AvgIpc) is 2.54. The zero-order chi connectivity index (χ0) is 16.1. The second kappa shape index (κ2) is 10.1. The maximum absolute atomic E-state index is 12.4. The highest BCUT2D eigenvalue weighted by atomic mass is 35.5. The molecule has 1 aliphatic rings. The predicted molar refractivity (Wildman–Crippen MR) is 93.1 cm³/mol. The number of piperidine rings is 1. The van der Waals surface area contributed by atoms with Crippen LogP contribution in [0, 0.1) is 10.1 Å². The van der Waals surface area contributed by atoms with Gasteiger partial charge in [-0.15, -0.1) is 12.4 Å². The summed E-state index contributed by atoms with van der Waals surface area (Å²) >= 11 is 0. The number of nitrogens with one attached hydrogen (secondary N) is 1. The Labute approximate surface area is 147 Å². The molecule has 0 aromatic heterocycles. The summed E-state index contributed by atoms with van der Waals surface area (Å²) in [6.45, 7) is 4.89. The van der Waals surface area contributed by atoms with Gasteiger partial charge in [0, 0.05) is 24.7 Å². The number of ether oxygens (including phenoxy) is 1. The molecule has 1 saturated heterocycles. The van der Waals surface area contributed by atoms with Crippen molar-refractivity contribution in [2.24, 2.45) is 0 Å². The first-order chi connectivity index (χ1) is 10.5. The Morgan fingerprint density at radius 2 is 2.21 bits per heavy atom. The molecule has 0 saturated carbocycles. The molecule has 8 nitrogen and oxygen atoms in total. The number of nitro groups is 1. The minimum absolute atomic E-state index is 0. The summed E-state index contributed by atoms with van der Waals surface area (Å²) in [7, 11) is 1.44. The summed E-state index contributed by atoms with van der Waals surface area (Å²) in [6, 6.07) is 4.10. The van der Waals surface area contributed by atoms with Crippen LogP contribution < -0.4 is 10.1 Å². The summed E-state index contributed by atoms with van der Waals surface area (Å²) in [5, 5.41) is 13.8. The van der Waals surface area contributed by atoms with Gasteiger partial charge in [0.15, 0.2) is 0 Å². The summed E-state index contributed by atoms with van der Waals surface area (Å²) in [5.41, 5.74) is 0.0788. The molecule has 1 unspecified atom stereocenters. The molecule has 1 fully saturated rings. The molecule has 1 amide bonds. The number of likely N-dealkylation sites (tertiary alicyclic amines) is 1. The van der Waals surface area contributed by atoms with Gasteiger partial charge >= 0.3 is 0 Å². The number of hydrogen-bond acceptors (Lipinski definition) is 5. The lowest BCUT2D eigenvalue weighted by atomic mass is 10.0. The number of nitro benzene ring substituents is 1. The van der Waals surface area contributed by atoms with Crippen molar-refractivity contribution in [3.8, 4) is 5.75 Å². The van der Waals surface area contributed by atoms with Crippen LogP contribution in [-0.2, 0) is 0 Å². The average molecular weight is 362 g/mol. The van der Waals surface area contributed by atoms with Crippen molar-refractivity contribution < 1.29 is 19.9 Å². The van der Waals surface area contributed by atoms with Gasteiger partial charge in [-0.05, 0) is 32.0 Å². The van der Waals surface area contributed by atoms with Gasteiger partial charge in [-0.1, -0.05) is 6.92 Å². The minimum atomic E-state index is -0.518.